The molecule has 0 unspecified atom stereocenters. The Morgan fingerprint density at radius 2 is 1.92 bits per heavy atom. The summed E-state index contributed by atoms with van der Waals surface area (Å²) in [6.45, 7) is 2.67. The highest BCUT2D eigenvalue weighted by atomic mass is 127. The lowest BCUT2D eigenvalue weighted by Gasteiger charge is -2.04. The molecule has 3 rings (SSSR count). The van der Waals surface area contributed by atoms with Crippen LogP contribution in [0.4, 0.5) is 4.39 Å². The summed E-state index contributed by atoms with van der Waals surface area (Å²) >= 11 is 3.81. The molecular formula is C18H15FIN3S. The summed E-state index contributed by atoms with van der Waals surface area (Å²) in [6.07, 6.45) is 1.83. The van der Waals surface area contributed by atoms with Crippen molar-refractivity contribution in [3.05, 3.63) is 73.7 Å². The zero-order valence-electron chi connectivity index (χ0n) is 13.0. The van der Waals surface area contributed by atoms with Gasteiger partial charge in [0.15, 0.2) is 0 Å². The summed E-state index contributed by atoms with van der Waals surface area (Å²) in [6, 6.07) is 14.5. The minimum Gasteiger partial charge on any atom is -0.258 e. The average molecular weight is 451 g/mol. The van der Waals surface area contributed by atoms with Crippen molar-refractivity contribution < 1.29 is 4.39 Å². The Bertz CT molecular complexity index is 926. The Morgan fingerprint density at radius 1 is 1.17 bits per heavy atom. The number of aromatic nitrogens is 1. The van der Waals surface area contributed by atoms with E-state index in [2.05, 4.69) is 32.7 Å². The molecule has 0 fully saturated rings. The van der Waals surface area contributed by atoms with Crippen molar-refractivity contribution in [1.82, 2.24) is 4.68 Å². The van der Waals surface area contributed by atoms with Crippen LogP contribution in [0.3, 0.4) is 0 Å². The summed E-state index contributed by atoms with van der Waals surface area (Å²) in [4.78, 5) is 5.32. The normalized spacial score (nSPS) is 12.2. The Balaban J connectivity index is 2.08. The Hall–Kier alpha value is -1.80. The van der Waals surface area contributed by atoms with E-state index in [-0.39, 0.29) is 5.82 Å². The van der Waals surface area contributed by atoms with Crippen molar-refractivity contribution in [2.24, 2.45) is 10.1 Å². The van der Waals surface area contributed by atoms with Gasteiger partial charge in [-0.1, -0.05) is 18.2 Å². The maximum atomic E-state index is 13.2. The van der Waals surface area contributed by atoms with Gasteiger partial charge in [-0.2, -0.15) is 5.10 Å². The fraction of sp³-hybridized carbons (Fsp3) is 0.111. The third kappa shape index (κ3) is 3.81. The molecule has 0 bridgehead atoms. The van der Waals surface area contributed by atoms with Crippen molar-refractivity contribution in [3.63, 3.8) is 0 Å². The second-order valence-electron chi connectivity index (χ2n) is 4.96. The first-order valence-corrected chi connectivity index (χ1v) is 9.40. The lowest BCUT2D eigenvalue weighted by molar-refractivity contribution is 0.628. The topological polar surface area (TPSA) is 29.6 Å². The minimum absolute atomic E-state index is 0.249. The smallest absolute Gasteiger partial charge is 0.206 e. The number of hydrogen-bond donors (Lipinski definition) is 0. The summed E-state index contributed by atoms with van der Waals surface area (Å²) < 4.78 is 16.1. The number of rotatable bonds is 4. The van der Waals surface area contributed by atoms with E-state index in [9.17, 15) is 4.39 Å². The van der Waals surface area contributed by atoms with Gasteiger partial charge in [-0.05, 0) is 59.8 Å². The molecule has 3 nitrogen and oxygen atoms in total. The molecule has 24 heavy (non-hydrogen) atoms. The molecule has 6 heteroatoms. The fourth-order valence-electron chi connectivity index (χ4n) is 2.17. The number of thiazole rings is 1. The van der Waals surface area contributed by atoms with Gasteiger partial charge in [-0.15, -0.1) is 11.3 Å². The van der Waals surface area contributed by atoms with Gasteiger partial charge in [0.25, 0.3) is 0 Å². The predicted molar refractivity (Wildman–Crippen MR) is 106 cm³/mol. The molecule has 1 heterocycles. The number of halogens is 2. The van der Waals surface area contributed by atoms with E-state index < -0.39 is 0 Å². The molecule has 0 spiro atoms. The standard InChI is InChI=1S/C18H15FIN3S/c1-2-21-18-23(22-11-14-5-3-4-6-16(14)20)17(12-24-18)13-7-9-15(19)10-8-13/h3-12H,2H2,1H3. The summed E-state index contributed by atoms with van der Waals surface area (Å²) in [5.41, 5.74) is 2.85. The highest BCUT2D eigenvalue weighted by Gasteiger charge is 2.07. The van der Waals surface area contributed by atoms with Gasteiger partial charge in [-0.25, -0.2) is 9.07 Å². The molecule has 0 amide bonds. The molecule has 2 aromatic carbocycles. The molecule has 3 aromatic rings. The van der Waals surface area contributed by atoms with Crippen LogP contribution in [0, 0.1) is 9.39 Å². The summed E-state index contributed by atoms with van der Waals surface area (Å²) in [7, 11) is 0. The zero-order valence-corrected chi connectivity index (χ0v) is 16.0. The first kappa shape index (κ1) is 17.0. The molecular weight excluding hydrogens is 436 g/mol. The second kappa shape index (κ2) is 7.85. The Labute approximate surface area is 157 Å². The van der Waals surface area contributed by atoms with Crippen molar-refractivity contribution in [1.29, 1.82) is 0 Å². The van der Waals surface area contributed by atoms with Gasteiger partial charge in [0, 0.05) is 26.6 Å². The van der Waals surface area contributed by atoms with Gasteiger partial charge in [0.05, 0.1) is 11.9 Å². The quantitative estimate of drug-likeness (QED) is 0.405. The van der Waals surface area contributed by atoms with Crippen LogP contribution in [0.5, 0.6) is 0 Å². The number of benzene rings is 2. The lowest BCUT2D eigenvalue weighted by atomic mass is 10.2. The largest absolute Gasteiger partial charge is 0.258 e. The van der Waals surface area contributed by atoms with E-state index in [0.717, 1.165) is 25.2 Å². The van der Waals surface area contributed by atoms with Gasteiger partial charge in [0.1, 0.15) is 5.82 Å². The molecule has 0 aliphatic carbocycles. The molecule has 122 valence electrons. The van der Waals surface area contributed by atoms with E-state index in [1.54, 1.807) is 12.1 Å². The van der Waals surface area contributed by atoms with E-state index >= 15 is 0 Å². The third-order valence-corrected chi connectivity index (χ3v) is 5.17. The van der Waals surface area contributed by atoms with Crippen molar-refractivity contribution in [2.45, 2.75) is 6.92 Å². The molecule has 0 radical (unpaired) electrons. The highest BCUT2D eigenvalue weighted by Crippen LogP contribution is 2.20. The molecule has 0 saturated heterocycles. The molecule has 0 aliphatic rings. The minimum atomic E-state index is -0.249. The van der Waals surface area contributed by atoms with Crippen LogP contribution < -0.4 is 4.80 Å². The lowest BCUT2D eigenvalue weighted by Crippen LogP contribution is -2.12. The first-order chi connectivity index (χ1) is 11.7. The van der Waals surface area contributed by atoms with Crippen LogP contribution in [0.1, 0.15) is 12.5 Å². The van der Waals surface area contributed by atoms with E-state index in [0.29, 0.717) is 6.54 Å². The van der Waals surface area contributed by atoms with Crippen LogP contribution in [-0.2, 0) is 0 Å². The van der Waals surface area contributed by atoms with Crippen LogP contribution in [-0.4, -0.2) is 17.4 Å². The average Bonchev–Trinajstić information content (AvgIpc) is 2.98. The van der Waals surface area contributed by atoms with Crippen molar-refractivity contribution in [3.8, 4) is 11.3 Å². The van der Waals surface area contributed by atoms with E-state index in [1.807, 2.05) is 47.5 Å². The van der Waals surface area contributed by atoms with E-state index in [4.69, 9.17) is 0 Å². The van der Waals surface area contributed by atoms with Gasteiger partial charge >= 0.3 is 0 Å². The molecule has 1 aromatic heterocycles. The van der Waals surface area contributed by atoms with Crippen LogP contribution in [0.15, 0.2) is 64.0 Å². The van der Waals surface area contributed by atoms with Crippen LogP contribution >= 0.6 is 33.9 Å². The van der Waals surface area contributed by atoms with Crippen LogP contribution in [0.2, 0.25) is 0 Å². The summed E-state index contributed by atoms with van der Waals surface area (Å²) in [5, 5.41) is 6.62. The van der Waals surface area contributed by atoms with Crippen molar-refractivity contribution in [2.75, 3.05) is 6.54 Å². The monoisotopic (exact) mass is 451 g/mol. The second-order valence-corrected chi connectivity index (χ2v) is 6.96. The fourth-order valence-corrected chi connectivity index (χ4v) is 3.60. The molecule has 0 aliphatic heterocycles. The van der Waals surface area contributed by atoms with Gasteiger partial charge in [-0.3, -0.25) is 4.99 Å². The Morgan fingerprint density at radius 3 is 2.62 bits per heavy atom. The number of nitrogens with zero attached hydrogens (tertiary/aromatic N) is 3. The summed E-state index contributed by atoms with van der Waals surface area (Å²) in [5.74, 6) is -0.249. The van der Waals surface area contributed by atoms with Gasteiger partial charge < -0.3 is 0 Å². The number of hydrogen-bond acceptors (Lipinski definition) is 3. The Kier molecular flexibility index (Phi) is 5.57. The molecule has 0 saturated carbocycles. The molecule has 0 N–H and O–H groups in total. The predicted octanol–water partition coefficient (Wildman–Crippen LogP) is 4.76. The maximum absolute atomic E-state index is 13.2. The zero-order chi connectivity index (χ0) is 16.9. The highest BCUT2D eigenvalue weighted by molar-refractivity contribution is 14.1. The van der Waals surface area contributed by atoms with Gasteiger partial charge in [0.2, 0.25) is 4.80 Å². The van der Waals surface area contributed by atoms with Crippen LogP contribution in [0.25, 0.3) is 11.3 Å². The molecule has 0 atom stereocenters. The van der Waals surface area contributed by atoms with Crippen molar-refractivity contribution >= 4 is 40.1 Å². The first-order valence-electron chi connectivity index (χ1n) is 7.45. The third-order valence-electron chi connectivity index (χ3n) is 3.34. The van der Waals surface area contributed by atoms with E-state index in [1.165, 1.54) is 23.5 Å². The maximum Gasteiger partial charge on any atom is 0.206 e. The SMILES string of the molecule is CCN=c1scc(-c2ccc(F)cc2)n1N=Cc1ccccc1I.